The summed E-state index contributed by atoms with van der Waals surface area (Å²) in [5.74, 6) is -9.08. The topological polar surface area (TPSA) is 323 Å². The molecular formula is C47H74N10O12. The molecule has 22 nitrogen and oxygen atoms in total. The Labute approximate surface area is 404 Å². The number of aliphatic hydroxyl groups is 1. The molecule has 69 heavy (non-hydrogen) atoms. The van der Waals surface area contributed by atoms with Gasteiger partial charge >= 0.3 is 11.9 Å². The highest BCUT2D eigenvalue weighted by molar-refractivity contribution is 5.99. The second kappa shape index (κ2) is 27.6. The van der Waals surface area contributed by atoms with Crippen LogP contribution in [0, 0.1) is 11.8 Å². The van der Waals surface area contributed by atoms with Crippen molar-refractivity contribution >= 4 is 59.2 Å². The van der Waals surface area contributed by atoms with E-state index in [1.165, 1.54) is 18.9 Å². The molecule has 2 fully saturated rings. The number of nitrogens with one attached hydrogen (secondary N) is 5. The molecule has 10 atom stereocenters. The first-order chi connectivity index (χ1) is 32.6. The van der Waals surface area contributed by atoms with Gasteiger partial charge in [0.05, 0.1) is 13.5 Å². The molecule has 10 N–H and O–H groups in total. The molecule has 2 heterocycles. The number of nitrogens with two attached hydrogens (primary N) is 2. The van der Waals surface area contributed by atoms with Crippen LogP contribution in [0.15, 0.2) is 35.3 Å². The summed E-state index contributed by atoms with van der Waals surface area (Å²) in [5.41, 5.74) is 11.7. The van der Waals surface area contributed by atoms with E-state index in [1.54, 1.807) is 58.0 Å². The van der Waals surface area contributed by atoms with Crippen LogP contribution in [0.4, 0.5) is 0 Å². The Hall–Kier alpha value is -6.32. The summed E-state index contributed by atoms with van der Waals surface area (Å²) in [6.45, 7) is 10.1. The summed E-state index contributed by atoms with van der Waals surface area (Å²) in [4.78, 5) is 133. The minimum atomic E-state index is -1.81. The second-order valence-electron chi connectivity index (χ2n) is 18.1. The third-order valence-corrected chi connectivity index (χ3v) is 12.4. The van der Waals surface area contributed by atoms with Gasteiger partial charge in [-0.05, 0) is 56.4 Å². The van der Waals surface area contributed by atoms with Crippen molar-refractivity contribution in [3.63, 3.8) is 0 Å². The van der Waals surface area contributed by atoms with Crippen molar-refractivity contribution in [2.75, 3.05) is 20.7 Å². The van der Waals surface area contributed by atoms with E-state index < -0.39 is 126 Å². The lowest BCUT2D eigenvalue weighted by Gasteiger charge is -2.44. The van der Waals surface area contributed by atoms with Gasteiger partial charge in [-0.2, -0.15) is 0 Å². The third-order valence-electron chi connectivity index (χ3n) is 12.4. The van der Waals surface area contributed by atoms with Gasteiger partial charge in [-0.25, -0.2) is 4.79 Å². The van der Waals surface area contributed by atoms with E-state index in [4.69, 9.17) is 20.9 Å². The average molecular weight is 971 g/mol. The van der Waals surface area contributed by atoms with Crippen LogP contribution in [-0.2, 0) is 59.0 Å². The molecule has 0 spiro atoms. The fourth-order valence-corrected chi connectivity index (χ4v) is 8.15. The smallest absolute Gasteiger partial charge is 0.329 e. The van der Waals surface area contributed by atoms with Gasteiger partial charge in [-0.1, -0.05) is 84.2 Å². The van der Waals surface area contributed by atoms with Crippen molar-refractivity contribution in [1.29, 1.82) is 0 Å². The standard InChI is InChI=1S/C47H74N10O12/c1-9-11-13-20-34(58)51-32(25-36(60)68-8)41(62)55-38-28(6)69-46(67)37(27(5)10-2)54-42(63)33(24-29-17-14-12-15-18-29)56(7)45(66)39(26(3)4)57-35(59)22-21-31(44(57)65)53-40(61)30(52-43(38)64)19-16-23-50-47(48)49/h12,14-15,17-18,26-28,30-33,35,37-39,59H,9-11,13,16,19-25H2,1-8H3,(H,51,58)(H,52,64)(H,53,61)(H,54,63)(H,55,62)(H4,48,49,50). The number of amides is 7. The van der Waals surface area contributed by atoms with Gasteiger partial charge in [0, 0.05) is 26.4 Å². The number of fused-ring (bicyclic) bond motifs is 2. The monoisotopic (exact) mass is 971 g/mol. The van der Waals surface area contributed by atoms with Gasteiger partial charge < -0.3 is 62.4 Å². The second-order valence-corrected chi connectivity index (χ2v) is 18.1. The van der Waals surface area contributed by atoms with Gasteiger partial charge in [0.15, 0.2) is 5.96 Å². The van der Waals surface area contributed by atoms with E-state index >= 15 is 0 Å². The highest BCUT2D eigenvalue weighted by Crippen LogP contribution is 2.27. The molecule has 384 valence electrons. The van der Waals surface area contributed by atoms with Crippen LogP contribution in [-0.4, -0.2) is 149 Å². The van der Waals surface area contributed by atoms with Crippen molar-refractivity contribution in [3.8, 4) is 0 Å². The normalized spacial score (nSPS) is 25.1. The Kier molecular flexibility index (Phi) is 22.8. The van der Waals surface area contributed by atoms with Crippen LogP contribution in [0.2, 0.25) is 0 Å². The van der Waals surface area contributed by atoms with Crippen LogP contribution in [0.1, 0.15) is 111 Å². The van der Waals surface area contributed by atoms with Crippen LogP contribution < -0.4 is 38.1 Å². The fraction of sp³-hybridized carbons (Fsp3) is 0.660. The first kappa shape index (κ1) is 57.0. The maximum Gasteiger partial charge on any atom is 0.329 e. The van der Waals surface area contributed by atoms with Crippen molar-refractivity contribution < 1.29 is 57.7 Å². The Balaban J connectivity index is 2.24. The minimum Gasteiger partial charge on any atom is -0.469 e. The maximum absolute atomic E-state index is 14.8. The van der Waals surface area contributed by atoms with Gasteiger partial charge in [0.25, 0.3) is 0 Å². The number of cyclic esters (lactones) is 1. The van der Waals surface area contributed by atoms with Crippen molar-refractivity contribution in [3.05, 3.63) is 35.9 Å². The molecule has 7 amide bonds. The predicted molar refractivity (Wildman–Crippen MR) is 253 cm³/mol. The summed E-state index contributed by atoms with van der Waals surface area (Å²) >= 11 is 0. The molecule has 2 aliphatic heterocycles. The highest BCUT2D eigenvalue weighted by Gasteiger charge is 2.47. The number of unbranched alkanes of at least 4 members (excludes halogenated alkanes) is 2. The summed E-state index contributed by atoms with van der Waals surface area (Å²) < 4.78 is 10.7. The summed E-state index contributed by atoms with van der Waals surface area (Å²) in [7, 11) is 2.49. The molecule has 10 unspecified atom stereocenters. The number of hydrogen-bond acceptors (Lipinski definition) is 13. The molecule has 2 saturated heterocycles. The van der Waals surface area contributed by atoms with E-state index in [0.29, 0.717) is 18.4 Å². The molecule has 0 aliphatic carbocycles. The molecule has 3 rings (SSSR count). The number of likely N-dealkylation sites (N-methyl/N-ethyl adjacent to an activating group) is 1. The van der Waals surface area contributed by atoms with Crippen LogP contribution in [0.3, 0.4) is 0 Å². The number of ether oxygens (including phenoxy) is 2. The van der Waals surface area contributed by atoms with Crippen molar-refractivity contribution in [2.45, 2.75) is 167 Å². The van der Waals surface area contributed by atoms with E-state index in [2.05, 4.69) is 31.6 Å². The zero-order valence-corrected chi connectivity index (χ0v) is 41.2. The number of aliphatic imine (C=N–C) groups is 1. The SMILES string of the molecule is CCCCCC(=O)NC(CC(=O)OC)C(=O)NC1C(=O)NC(CCCN=C(N)N)C(=O)NC2CCC(O)N(C2=O)C(C(C)C)C(=O)N(C)C(Cc2ccccc2)C(=O)NC(C(C)CC)C(=O)OC1C. The number of guanidine groups is 1. The van der Waals surface area contributed by atoms with Crippen molar-refractivity contribution in [2.24, 2.45) is 28.3 Å². The largest absolute Gasteiger partial charge is 0.469 e. The number of benzene rings is 1. The van der Waals surface area contributed by atoms with E-state index in [-0.39, 0.29) is 51.0 Å². The summed E-state index contributed by atoms with van der Waals surface area (Å²) in [6, 6.07) is -1.31. The molecule has 2 aliphatic rings. The molecule has 1 aromatic carbocycles. The predicted octanol–water partition coefficient (Wildman–Crippen LogP) is -0.366. The lowest BCUT2D eigenvalue weighted by atomic mass is 9.93. The Morgan fingerprint density at radius 3 is 2.22 bits per heavy atom. The minimum absolute atomic E-state index is 0.0192. The summed E-state index contributed by atoms with van der Waals surface area (Å²) in [5, 5.41) is 24.5. The number of methoxy groups -OCH3 is 1. The maximum atomic E-state index is 14.8. The number of carbonyl (C=O) groups excluding carboxylic acids is 9. The molecule has 1 aromatic rings. The third kappa shape index (κ3) is 16.7. The van der Waals surface area contributed by atoms with Gasteiger partial charge in [0.1, 0.15) is 54.6 Å². The zero-order chi connectivity index (χ0) is 51.5. The molecule has 0 radical (unpaired) electrons. The number of esters is 2. The number of hydrogen-bond donors (Lipinski definition) is 8. The number of carbonyl (C=O) groups is 9. The molecular weight excluding hydrogens is 897 g/mol. The van der Waals surface area contributed by atoms with Gasteiger partial charge in [-0.15, -0.1) is 0 Å². The number of rotatable bonds is 18. The molecule has 0 saturated carbocycles. The lowest BCUT2D eigenvalue weighted by molar-refractivity contribution is -0.167. The Morgan fingerprint density at radius 2 is 1.61 bits per heavy atom. The molecule has 22 heteroatoms. The quantitative estimate of drug-likeness (QED) is 0.0403. The van der Waals surface area contributed by atoms with Crippen LogP contribution in [0.25, 0.3) is 0 Å². The van der Waals surface area contributed by atoms with Gasteiger partial charge in [-0.3, -0.25) is 43.3 Å². The fourth-order valence-electron chi connectivity index (χ4n) is 8.15. The zero-order valence-electron chi connectivity index (χ0n) is 41.2. The highest BCUT2D eigenvalue weighted by atomic mass is 16.5. The number of nitrogens with zero attached hydrogens (tertiary/aromatic N) is 3. The first-order valence-electron chi connectivity index (χ1n) is 23.8. The number of piperidine rings is 1. The van der Waals surface area contributed by atoms with Gasteiger partial charge in [0.2, 0.25) is 41.4 Å². The van der Waals surface area contributed by atoms with E-state index in [9.17, 15) is 48.3 Å². The molecule has 2 bridgehead atoms. The first-order valence-corrected chi connectivity index (χ1v) is 23.8. The Bertz CT molecular complexity index is 1980. The number of aliphatic hydroxyl groups excluding tert-OH is 1. The molecule has 0 aromatic heterocycles. The Morgan fingerprint density at radius 1 is 0.928 bits per heavy atom. The van der Waals surface area contributed by atoms with Crippen LogP contribution >= 0.6 is 0 Å². The van der Waals surface area contributed by atoms with E-state index in [0.717, 1.165) is 24.9 Å². The van der Waals surface area contributed by atoms with E-state index in [1.807, 2.05) is 6.92 Å². The lowest BCUT2D eigenvalue weighted by Crippen LogP contribution is -2.66. The average Bonchev–Trinajstić information content (AvgIpc) is 3.30. The van der Waals surface area contributed by atoms with Crippen LogP contribution in [0.5, 0.6) is 0 Å². The van der Waals surface area contributed by atoms with Crippen molar-refractivity contribution in [1.82, 2.24) is 36.4 Å². The summed E-state index contributed by atoms with van der Waals surface area (Å²) in [6.07, 6.45) is -1.41.